The molecule has 8 nitrogen and oxygen atoms in total. The molecule has 2 aliphatic rings. The lowest BCUT2D eigenvalue weighted by molar-refractivity contribution is -0.125. The third-order valence-electron chi connectivity index (χ3n) is 5.85. The summed E-state index contributed by atoms with van der Waals surface area (Å²) in [6.07, 6.45) is 0.365. The smallest absolute Gasteiger partial charge is 0.244 e. The molecule has 174 valence electrons. The molecule has 4 rings (SSSR count). The molecule has 2 aromatic rings. The van der Waals surface area contributed by atoms with Crippen molar-refractivity contribution >= 4 is 29.1 Å². The molecule has 1 fully saturated rings. The van der Waals surface area contributed by atoms with E-state index in [9.17, 15) is 14.4 Å². The number of morpholine rings is 1. The number of ether oxygens (including phenoxy) is 1. The maximum Gasteiger partial charge on any atom is 0.244 e. The van der Waals surface area contributed by atoms with Crippen LogP contribution in [0, 0.1) is 0 Å². The van der Waals surface area contributed by atoms with Crippen molar-refractivity contribution in [2.75, 3.05) is 36.5 Å². The Balaban J connectivity index is 1.25. The SMILES string of the molecule is CC1CN(Cc2cccc(CNC(=O)CCC(=O)N3CC(=O)Nc4ccccc43)c2)CCO1. The quantitative estimate of drug-likeness (QED) is 0.676. The Bertz CT molecular complexity index is 1020. The van der Waals surface area contributed by atoms with Crippen molar-refractivity contribution in [3.05, 3.63) is 59.7 Å². The third-order valence-corrected chi connectivity index (χ3v) is 5.85. The van der Waals surface area contributed by atoms with Gasteiger partial charge in [0.15, 0.2) is 0 Å². The number of nitrogens with one attached hydrogen (secondary N) is 2. The molecule has 1 unspecified atom stereocenters. The van der Waals surface area contributed by atoms with Gasteiger partial charge in [0.05, 0.1) is 24.1 Å². The second kappa shape index (κ2) is 10.6. The van der Waals surface area contributed by atoms with Gasteiger partial charge in [0, 0.05) is 39.0 Å². The molecule has 0 spiro atoms. The number of hydrogen-bond donors (Lipinski definition) is 2. The maximum absolute atomic E-state index is 12.7. The van der Waals surface area contributed by atoms with Gasteiger partial charge in [-0.05, 0) is 30.2 Å². The van der Waals surface area contributed by atoms with Crippen LogP contribution in [-0.4, -0.2) is 55.0 Å². The number of carbonyl (C=O) groups is 3. The van der Waals surface area contributed by atoms with Gasteiger partial charge in [-0.2, -0.15) is 0 Å². The molecule has 1 saturated heterocycles. The van der Waals surface area contributed by atoms with E-state index < -0.39 is 0 Å². The van der Waals surface area contributed by atoms with Crippen molar-refractivity contribution in [1.29, 1.82) is 0 Å². The number of carbonyl (C=O) groups excluding carboxylic acids is 3. The zero-order chi connectivity index (χ0) is 23.2. The number of nitrogens with zero attached hydrogens (tertiary/aromatic N) is 2. The van der Waals surface area contributed by atoms with Crippen LogP contribution < -0.4 is 15.5 Å². The molecular weight excluding hydrogens is 420 g/mol. The first-order valence-corrected chi connectivity index (χ1v) is 11.4. The highest BCUT2D eigenvalue weighted by atomic mass is 16.5. The molecule has 2 N–H and O–H groups in total. The molecule has 0 aliphatic carbocycles. The van der Waals surface area contributed by atoms with Crippen LogP contribution in [0.15, 0.2) is 48.5 Å². The summed E-state index contributed by atoms with van der Waals surface area (Å²) in [6, 6.07) is 15.4. The van der Waals surface area contributed by atoms with Gasteiger partial charge < -0.3 is 20.3 Å². The number of rotatable bonds is 7. The maximum atomic E-state index is 12.7. The number of amides is 3. The number of para-hydroxylation sites is 2. The predicted molar refractivity (Wildman–Crippen MR) is 126 cm³/mol. The highest BCUT2D eigenvalue weighted by molar-refractivity contribution is 6.10. The van der Waals surface area contributed by atoms with Crippen LogP contribution in [0.4, 0.5) is 11.4 Å². The van der Waals surface area contributed by atoms with Crippen molar-refractivity contribution in [3.8, 4) is 0 Å². The zero-order valence-electron chi connectivity index (χ0n) is 18.9. The summed E-state index contributed by atoms with van der Waals surface area (Å²) >= 11 is 0. The Morgan fingerprint density at radius 3 is 2.79 bits per heavy atom. The van der Waals surface area contributed by atoms with Gasteiger partial charge in [-0.15, -0.1) is 0 Å². The molecule has 8 heteroatoms. The van der Waals surface area contributed by atoms with E-state index in [1.165, 1.54) is 10.5 Å². The summed E-state index contributed by atoms with van der Waals surface area (Å²) in [7, 11) is 0. The minimum absolute atomic E-state index is 0.0355. The van der Waals surface area contributed by atoms with Gasteiger partial charge in [0.1, 0.15) is 6.54 Å². The molecule has 2 heterocycles. The first-order valence-electron chi connectivity index (χ1n) is 11.4. The number of hydrogen-bond acceptors (Lipinski definition) is 5. The van der Waals surface area contributed by atoms with Crippen molar-refractivity contribution in [2.24, 2.45) is 0 Å². The molecule has 33 heavy (non-hydrogen) atoms. The first kappa shape index (κ1) is 22.9. The molecule has 2 aliphatic heterocycles. The average molecular weight is 451 g/mol. The highest BCUT2D eigenvalue weighted by Crippen LogP contribution is 2.29. The summed E-state index contributed by atoms with van der Waals surface area (Å²) in [5.74, 6) is -0.669. The van der Waals surface area contributed by atoms with Crippen LogP contribution in [0.3, 0.4) is 0 Å². The monoisotopic (exact) mass is 450 g/mol. The van der Waals surface area contributed by atoms with Crippen LogP contribution in [0.1, 0.15) is 30.9 Å². The van der Waals surface area contributed by atoms with Crippen LogP contribution >= 0.6 is 0 Å². The lowest BCUT2D eigenvalue weighted by atomic mass is 10.1. The summed E-state index contributed by atoms with van der Waals surface area (Å²) in [6.45, 7) is 5.90. The molecule has 1 atom stereocenters. The minimum atomic E-state index is -0.241. The van der Waals surface area contributed by atoms with Crippen LogP contribution in [0.5, 0.6) is 0 Å². The minimum Gasteiger partial charge on any atom is -0.376 e. The summed E-state index contributed by atoms with van der Waals surface area (Å²) in [5.41, 5.74) is 3.50. The largest absolute Gasteiger partial charge is 0.376 e. The van der Waals surface area contributed by atoms with E-state index in [4.69, 9.17) is 4.74 Å². The Labute approximate surface area is 193 Å². The van der Waals surface area contributed by atoms with Crippen LogP contribution in [-0.2, 0) is 32.2 Å². The number of benzene rings is 2. The second-order valence-corrected chi connectivity index (χ2v) is 8.56. The van der Waals surface area contributed by atoms with Gasteiger partial charge in [-0.1, -0.05) is 36.4 Å². The van der Waals surface area contributed by atoms with E-state index in [1.807, 2.05) is 18.2 Å². The summed E-state index contributed by atoms with van der Waals surface area (Å²) in [5, 5.41) is 5.66. The molecule has 0 radical (unpaired) electrons. The van der Waals surface area contributed by atoms with Gasteiger partial charge in [-0.3, -0.25) is 19.3 Å². The topological polar surface area (TPSA) is 91.0 Å². The van der Waals surface area contributed by atoms with Gasteiger partial charge >= 0.3 is 0 Å². The Kier molecular flexibility index (Phi) is 7.36. The zero-order valence-corrected chi connectivity index (χ0v) is 18.9. The second-order valence-electron chi connectivity index (χ2n) is 8.56. The van der Waals surface area contributed by atoms with E-state index >= 15 is 0 Å². The van der Waals surface area contributed by atoms with Gasteiger partial charge in [0.25, 0.3) is 0 Å². The van der Waals surface area contributed by atoms with Crippen LogP contribution in [0.2, 0.25) is 0 Å². The summed E-state index contributed by atoms with van der Waals surface area (Å²) in [4.78, 5) is 40.8. The first-order chi connectivity index (χ1) is 16.0. The number of fused-ring (bicyclic) bond motifs is 1. The van der Waals surface area contributed by atoms with Crippen molar-refractivity contribution in [3.63, 3.8) is 0 Å². The van der Waals surface area contributed by atoms with E-state index in [0.29, 0.717) is 17.9 Å². The van der Waals surface area contributed by atoms with E-state index in [2.05, 4.69) is 34.6 Å². The molecule has 3 amide bonds. The van der Waals surface area contributed by atoms with Crippen molar-refractivity contribution in [2.45, 2.75) is 39.0 Å². The molecule has 0 bridgehead atoms. The summed E-state index contributed by atoms with van der Waals surface area (Å²) < 4.78 is 5.60. The van der Waals surface area contributed by atoms with E-state index in [-0.39, 0.29) is 43.2 Å². The van der Waals surface area contributed by atoms with Crippen LogP contribution in [0.25, 0.3) is 0 Å². The Morgan fingerprint density at radius 2 is 1.94 bits per heavy atom. The van der Waals surface area contributed by atoms with Gasteiger partial charge in [0.2, 0.25) is 17.7 Å². The third kappa shape index (κ3) is 6.18. The normalized spacial score (nSPS) is 18.4. The Hall–Kier alpha value is -3.23. The highest BCUT2D eigenvalue weighted by Gasteiger charge is 2.26. The average Bonchev–Trinajstić information content (AvgIpc) is 2.81. The lowest BCUT2D eigenvalue weighted by Gasteiger charge is -2.31. The lowest BCUT2D eigenvalue weighted by Crippen LogP contribution is -2.42. The van der Waals surface area contributed by atoms with E-state index in [0.717, 1.165) is 31.8 Å². The van der Waals surface area contributed by atoms with Gasteiger partial charge in [-0.25, -0.2) is 0 Å². The molecule has 2 aromatic carbocycles. The standard InChI is InChI=1S/C25H30N4O4/c1-18-15-28(11-12-33-18)16-20-6-4-5-19(13-20)14-26-23(30)9-10-25(32)29-17-24(31)27-21-7-2-3-8-22(21)29/h2-8,13,18H,9-12,14-17H2,1H3,(H,26,30)(H,27,31). The molecule has 0 saturated carbocycles. The van der Waals surface area contributed by atoms with Crippen molar-refractivity contribution < 1.29 is 19.1 Å². The van der Waals surface area contributed by atoms with Crippen molar-refractivity contribution in [1.82, 2.24) is 10.2 Å². The Morgan fingerprint density at radius 1 is 1.12 bits per heavy atom. The van der Waals surface area contributed by atoms with E-state index in [1.54, 1.807) is 18.2 Å². The molecule has 0 aromatic heterocycles. The fourth-order valence-corrected chi connectivity index (χ4v) is 4.23. The number of anilines is 2. The fourth-order valence-electron chi connectivity index (χ4n) is 4.23. The predicted octanol–water partition coefficient (Wildman–Crippen LogP) is 2.29. The fraction of sp³-hybridized carbons (Fsp3) is 0.400. The molecular formula is C25H30N4O4.